The highest BCUT2D eigenvalue weighted by Gasteiger charge is 2.30. The number of rotatable bonds is 7. The fourth-order valence-electron chi connectivity index (χ4n) is 3.34. The second-order valence-electron chi connectivity index (χ2n) is 6.95. The Morgan fingerprint density at radius 1 is 1.03 bits per heavy atom. The van der Waals surface area contributed by atoms with Crippen LogP contribution in [-0.4, -0.2) is 34.5 Å². The number of hydrogen-bond donors (Lipinski definition) is 1. The van der Waals surface area contributed by atoms with Crippen molar-refractivity contribution in [3.63, 3.8) is 0 Å². The lowest BCUT2D eigenvalue weighted by Crippen LogP contribution is -2.33. The number of carbonyl (C=O) groups excluding carboxylic acids is 1. The Morgan fingerprint density at radius 2 is 1.70 bits per heavy atom. The second-order valence-corrected chi connectivity index (χ2v) is 6.95. The number of carboxylic acid groups (broad SMARTS) is 1. The van der Waals surface area contributed by atoms with E-state index in [-0.39, 0.29) is 30.0 Å². The van der Waals surface area contributed by atoms with Gasteiger partial charge in [0.2, 0.25) is 5.91 Å². The largest absolute Gasteiger partial charge is 0.478 e. The van der Waals surface area contributed by atoms with Crippen molar-refractivity contribution in [2.24, 2.45) is 0 Å². The Balaban J connectivity index is 1.71. The topological polar surface area (TPSA) is 57.6 Å². The van der Waals surface area contributed by atoms with Crippen LogP contribution in [0.5, 0.6) is 0 Å². The summed E-state index contributed by atoms with van der Waals surface area (Å²) in [6.45, 7) is 0.256. The molecular weight excluding hydrogens is 395 g/mol. The number of likely N-dealkylation sites (tertiary alicyclic amines) is 1. The highest BCUT2D eigenvalue weighted by molar-refractivity contribution is 5.87. The molecule has 156 valence electrons. The van der Waals surface area contributed by atoms with Crippen LogP contribution in [0.3, 0.4) is 0 Å². The molecule has 30 heavy (non-hydrogen) atoms. The number of nitrogens with zero attached hydrogens (tertiary/aromatic N) is 1. The number of aromatic carboxylic acids is 1. The first-order chi connectivity index (χ1) is 14.4. The number of amides is 1. The molecule has 0 saturated carbocycles. The van der Waals surface area contributed by atoms with E-state index in [0.717, 1.165) is 11.6 Å². The van der Waals surface area contributed by atoms with Gasteiger partial charge in [0.15, 0.2) is 17.5 Å². The Morgan fingerprint density at radius 3 is 2.33 bits per heavy atom. The van der Waals surface area contributed by atoms with Gasteiger partial charge in [-0.1, -0.05) is 42.5 Å². The molecule has 7 heteroatoms. The van der Waals surface area contributed by atoms with E-state index in [0.29, 0.717) is 12.8 Å². The van der Waals surface area contributed by atoms with Gasteiger partial charge in [-0.3, -0.25) is 4.79 Å². The first-order valence-electron chi connectivity index (χ1n) is 9.47. The van der Waals surface area contributed by atoms with Crippen LogP contribution in [0.2, 0.25) is 0 Å². The first-order valence-corrected chi connectivity index (χ1v) is 9.47. The Hall–Kier alpha value is -3.35. The molecule has 3 rings (SSSR count). The molecular formula is C23H20F3NO3. The van der Waals surface area contributed by atoms with Crippen molar-refractivity contribution in [2.75, 3.05) is 6.54 Å². The molecule has 0 aromatic heterocycles. The van der Waals surface area contributed by atoms with Gasteiger partial charge in [-0.05, 0) is 36.6 Å². The maximum atomic E-state index is 14.4. The average Bonchev–Trinajstić information content (AvgIpc) is 3.11. The minimum Gasteiger partial charge on any atom is -0.478 e. The molecule has 1 saturated heterocycles. The van der Waals surface area contributed by atoms with Crippen molar-refractivity contribution in [1.82, 2.24) is 4.90 Å². The zero-order valence-corrected chi connectivity index (χ0v) is 16.0. The molecule has 1 aliphatic heterocycles. The molecule has 0 aliphatic carbocycles. The van der Waals surface area contributed by atoms with E-state index in [1.54, 1.807) is 18.2 Å². The van der Waals surface area contributed by atoms with Gasteiger partial charge in [-0.2, -0.15) is 0 Å². The van der Waals surface area contributed by atoms with Gasteiger partial charge < -0.3 is 10.0 Å². The molecule has 2 aromatic carbocycles. The van der Waals surface area contributed by atoms with Gasteiger partial charge in [0.25, 0.3) is 0 Å². The number of carbonyl (C=O) groups is 2. The number of benzene rings is 2. The van der Waals surface area contributed by atoms with Crippen molar-refractivity contribution in [3.05, 3.63) is 89.0 Å². The van der Waals surface area contributed by atoms with Crippen LogP contribution in [0.4, 0.5) is 13.2 Å². The number of allylic oxidation sites excluding steroid dienone is 2. The SMILES string of the molecule is O=C(O)c1ccc(CCN2C(=O)CC[C@@H]2C=C(F)C(F)=C(F)c2ccccc2)cc1. The molecule has 1 heterocycles. The highest BCUT2D eigenvalue weighted by Crippen LogP contribution is 2.29. The van der Waals surface area contributed by atoms with E-state index in [2.05, 4.69) is 0 Å². The van der Waals surface area contributed by atoms with Crippen LogP contribution in [-0.2, 0) is 11.2 Å². The lowest BCUT2D eigenvalue weighted by molar-refractivity contribution is -0.128. The Bertz CT molecular complexity index is 985. The van der Waals surface area contributed by atoms with Crippen LogP contribution in [0.1, 0.15) is 34.3 Å². The predicted octanol–water partition coefficient (Wildman–Crippen LogP) is 5.08. The second kappa shape index (κ2) is 9.43. The van der Waals surface area contributed by atoms with Gasteiger partial charge >= 0.3 is 5.97 Å². The van der Waals surface area contributed by atoms with Crippen molar-refractivity contribution in [1.29, 1.82) is 0 Å². The van der Waals surface area contributed by atoms with Gasteiger partial charge in [-0.25, -0.2) is 18.0 Å². The highest BCUT2D eigenvalue weighted by atomic mass is 19.2. The third-order valence-electron chi connectivity index (χ3n) is 4.99. The normalized spacial score (nSPS) is 17.8. The lowest BCUT2D eigenvalue weighted by atomic mass is 10.1. The van der Waals surface area contributed by atoms with Crippen molar-refractivity contribution < 1.29 is 27.9 Å². The summed E-state index contributed by atoms with van der Waals surface area (Å²) in [5.74, 6) is -5.45. The minimum absolute atomic E-state index is 0.0669. The number of hydrogen-bond acceptors (Lipinski definition) is 2. The summed E-state index contributed by atoms with van der Waals surface area (Å²) in [5.41, 5.74) is 0.897. The van der Waals surface area contributed by atoms with E-state index in [1.807, 2.05) is 0 Å². The van der Waals surface area contributed by atoms with Gasteiger partial charge in [0, 0.05) is 18.5 Å². The molecule has 1 fully saturated rings. The summed E-state index contributed by atoms with van der Waals surface area (Å²) in [4.78, 5) is 24.5. The summed E-state index contributed by atoms with van der Waals surface area (Å²) in [7, 11) is 0. The standard InChI is InChI=1S/C23H20F3NO3/c24-19(22(26)21(25)16-4-2-1-3-5-16)14-18-10-11-20(28)27(18)13-12-15-6-8-17(9-7-15)23(29)30/h1-9,14,18H,10-13H2,(H,29,30)/t18-/m1/s1. The zero-order chi connectivity index (χ0) is 21.7. The fourth-order valence-corrected chi connectivity index (χ4v) is 3.34. The quantitative estimate of drug-likeness (QED) is 0.642. The van der Waals surface area contributed by atoms with Crippen LogP contribution in [0.15, 0.2) is 72.3 Å². The summed E-state index contributed by atoms with van der Waals surface area (Å²) in [6, 6.07) is 12.9. The van der Waals surface area contributed by atoms with E-state index in [9.17, 15) is 22.8 Å². The van der Waals surface area contributed by atoms with Crippen LogP contribution >= 0.6 is 0 Å². The summed E-state index contributed by atoms with van der Waals surface area (Å²) in [6.07, 6.45) is 1.87. The zero-order valence-electron chi connectivity index (χ0n) is 16.0. The molecule has 1 N–H and O–H groups in total. The Kier molecular flexibility index (Phi) is 6.72. The molecule has 1 aliphatic rings. The van der Waals surface area contributed by atoms with Gasteiger partial charge in [0.05, 0.1) is 11.6 Å². The van der Waals surface area contributed by atoms with E-state index in [4.69, 9.17) is 5.11 Å². The molecule has 0 bridgehead atoms. The number of carboxylic acids is 1. The van der Waals surface area contributed by atoms with Crippen LogP contribution in [0, 0.1) is 0 Å². The third-order valence-corrected chi connectivity index (χ3v) is 4.99. The third kappa shape index (κ3) is 4.97. The van der Waals surface area contributed by atoms with Crippen LogP contribution < -0.4 is 0 Å². The summed E-state index contributed by atoms with van der Waals surface area (Å²) in [5, 5.41) is 8.93. The molecule has 4 nitrogen and oxygen atoms in total. The maximum Gasteiger partial charge on any atom is 0.335 e. The fraction of sp³-hybridized carbons (Fsp3) is 0.217. The van der Waals surface area contributed by atoms with Gasteiger partial charge in [0.1, 0.15) is 0 Å². The molecule has 0 unspecified atom stereocenters. The molecule has 0 radical (unpaired) electrons. The van der Waals surface area contributed by atoms with Crippen molar-refractivity contribution >= 4 is 17.7 Å². The predicted molar refractivity (Wildman–Crippen MR) is 107 cm³/mol. The monoisotopic (exact) mass is 415 g/mol. The van der Waals surface area contributed by atoms with Crippen molar-refractivity contribution in [3.8, 4) is 0 Å². The maximum absolute atomic E-state index is 14.4. The van der Waals surface area contributed by atoms with Crippen LogP contribution in [0.25, 0.3) is 5.83 Å². The minimum atomic E-state index is -1.59. The summed E-state index contributed by atoms with van der Waals surface area (Å²) >= 11 is 0. The number of halogens is 3. The smallest absolute Gasteiger partial charge is 0.335 e. The van der Waals surface area contributed by atoms with Crippen molar-refractivity contribution in [2.45, 2.75) is 25.3 Å². The van der Waals surface area contributed by atoms with E-state index < -0.39 is 29.5 Å². The lowest BCUT2D eigenvalue weighted by Gasteiger charge is -2.22. The molecule has 2 aromatic rings. The first kappa shape index (κ1) is 21.4. The molecule has 0 spiro atoms. The summed E-state index contributed by atoms with van der Waals surface area (Å²) < 4.78 is 42.8. The van der Waals surface area contributed by atoms with E-state index >= 15 is 0 Å². The molecule has 1 amide bonds. The van der Waals surface area contributed by atoms with Gasteiger partial charge in [-0.15, -0.1) is 0 Å². The van der Waals surface area contributed by atoms with E-state index in [1.165, 1.54) is 41.3 Å². The average molecular weight is 415 g/mol. The molecule has 1 atom stereocenters. The Labute approximate surface area is 171 Å².